The van der Waals surface area contributed by atoms with Crippen molar-refractivity contribution in [1.82, 2.24) is 9.97 Å². The second-order valence-corrected chi connectivity index (χ2v) is 2.98. The highest BCUT2D eigenvalue weighted by Gasteiger charge is 2.12. The standard InChI is InChI=1S/C11H15N3O2/c1-4-6-12-10-9(15-3)11(14-8-13-10)16-7-5-2/h2,8H,4,6-7H2,1,3H3,(H,12,13,14). The van der Waals surface area contributed by atoms with E-state index in [9.17, 15) is 0 Å². The smallest absolute Gasteiger partial charge is 0.263 e. The normalized spacial score (nSPS) is 9.31. The molecular weight excluding hydrogens is 206 g/mol. The van der Waals surface area contributed by atoms with Gasteiger partial charge in [-0.25, -0.2) is 4.98 Å². The second-order valence-electron chi connectivity index (χ2n) is 2.98. The fourth-order valence-corrected chi connectivity index (χ4v) is 1.12. The van der Waals surface area contributed by atoms with Crippen molar-refractivity contribution in [2.24, 2.45) is 0 Å². The zero-order chi connectivity index (χ0) is 11.8. The molecule has 1 heterocycles. The molecule has 0 aliphatic carbocycles. The summed E-state index contributed by atoms with van der Waals surface area (Å²) in [6, 6.07) is 0. The van der Waals surface area contributed by atoms with Gasteiger partial charge in [0.05, 0.1) is 7.11 Å². The van der Waals surface area contributed by atoms with Crippen LogP contribution in [0.15, 0.2) is 6.33 Å². The third-order valence-electron chi connectivity index (χ3n) is 1.81. The Morgan fingerprint density at radius 2 is 2.31 bits per heavy atom. The van der Waals surface area contributed by atoms with Crippen molar-refractivity contribution in [2.45, 2.75) is 13.3 Å². The van der Waals surface area contributed by atoms with Crippen LogP contribution >= 0.6 is 0 Å². The monoisotopic (exact) mass is 221 g/mol. The van der Waals surface area contributed by atoms with Crippen LogP contribution in [0.1, 0.15) is 13.3 Å². The molecule has 0 aromatic carbocycles. The Bertz CT molecular complexity index is 374. The Labute approximate surface area is 95.2 Å². The van der Waals surface area contributed by atoms with E-state index in [1.165, 1.54) is 6.33 Å². The van der Waals surface area contributed by atoms with Crippen molar-refractivity contribution in [1.29, 1.82) is 0 Å². The molecule has 0 atom stereocenters. The zero-order valence-electron chi connectivity index (χ0n) is 9.49. The highest BCUT2D eigenvalue weighted by atomic mass is 16.5. The Hall–Kier alpha value is -1.96. The average molecular weight is 221 g/mol. The van der Waals surface area contributed by atoms with Gasteiger partial charge in [-0.15, -0.1) is 6.42 Å². The molecule has 1 aromatic heterocycles. The number of ether oxygens (including phenoxy) is 2. The molecular formula is C11H15N3O2. The molecule has 0 unspecified atom stereocenters. The average Bonchev–Trinajstić information content (AvgIpc) is 2.33. The largest absolute Gasteiger partial charge is 0.489 e. The van der Waals surface area contributed by atoms with Crippen molar-refractivity contribution >= 4 is 5.82 Å². The van der Waals surface area contributed by atoms with Crippen LogP contribution in [0, 0.1) is 12.3 Å². The molecule has 86 valence electrons. The van der Waals surface area contributed by atoms with Crippen LogP contribution in [0.25, 0.3) is 0 Å². The number of hydrogen-bond donors (Lipinski definition) is 1. The maximum Gasteiger partial charge on any atom is 0.263 e. The van der Waals surface area contributed by atoms with Crippen LogP contribution in [0.5, 0.6) is 11.6 Å². The summed E-state index contributed by atoms with van der Waals surface area (Å²) in [5.74, 6) is 3.82. The molecule has 0 bridgehead atoms. The lowest BCUT2D eigenvalue weighted by molar-refractivity contribution is 0.317. The number of rotatable bonds is 6. The van der Waals surface area contributed by atoms with Crippen molar-refractivity contribution in [3.05, 3.63) is 6.33 Å². The van der Waals surface area contributed by atoms with E-state index >= 15 is 0 Å². The van der Waals surface area contributed by atoms with Crippen molar-refractivity contribution < 1.29 is 9.47 Å². The van der Waals surface area contributed by atoms with Crippen LogP contribution in [-0.4, -0.2) is 30.2 Å². The summed E-state index contributed by atoms with van der Waals surface area (Å²) in [5.41, 5.74) is 0. The maximum absolute atomic E-state index is 5.25. The fraction of sp³-hybridized carbons (Fsp3) is 0.455. The molecule has 0 spiro atoms. The highest BCUT2D eigenvalue weighted by molar-refractivity contribution is 5.55. The number of anilines is 1. The second kappa shape index (κ2) is 6.51. The van der Waals surface area contributed by atoms with Crippen LogP contribution in [0.2, 0.25) is 0 Å². The molecule has 0 aliphatic heterocycles. The van der Waals surface area contributed by atoms with Crippen molar-refractivity contribution in [3.63, 3.8) is 0 Å². The Morgan fingerprint density at radius 1 is 1.50 bits per heavy atom. The lowest BCUT2D eigenvalue weighted by Crippen LogP contribution is -2.07. The van der Waals surface area contributed by atoms with Gasteiger partial charge in [-0.1, -0.05) is 12.8 Å². The van der Waals surface area contributed by atoms with Gasteiger partial charge in [0.2, 0.25) is 5.75 Å². The van der Waals surface area contributed by atoms with E-state index in [0.29, 0.717) is 17.4 Å². The third-order valence-corrected chi connectivity index (χ3v) is 1.81. The minimum Gasteiger partial charge on any atom is -0.489 e. The molecule has 0 amide bonds. The summed E-state index contributed by atoms with van der Waals surface area (Å²) in [4.78, 5) is 8.04. The predicted molar refractivity (Wildman–Crippen MR) is 61.7 cm³/mol. The van der Waals surface area contributed by atoms with E-state index in [-0.39, 0.29) is 6.61 Å². The number of terminal acetylenes is 1. The molecule has 0 saturated carbocycles. The fourth-order valence-electron chi connectivity index (χ4n) is 1.12. The molecule has 1 aromatic rings. The molecule has 1 rings (SSSR count). The van der Waals surface area contributed by atoms with Gasteiger partial charge in [-0.3, -0.25) is 0 Å². The van der Waals surface area contributed by atoms with Gasteiger partial charge in [-0.05, 0) is 6.42 Å². The molecule has 5 heteroatoms. The lowest BCUT2D eigenvalue weighted by Gasteiger charge is -2.11. The third kappa shape index (κ3) is 3.02. The number of nitrogens with zero attached hydrogens (tertiary/aromatic N) is 2. The molecule has 1 N–H and O–H groups in total. The maximum atomic E-state index is 5.25. The van der Waals surface area contributed by atoms with Gasteiger partial charge in [0, 0.05) is 6.54 Å². The van der Waals surface area contributed by atoms with Gasteiger partial charge in [0.25, 0.3) is 5.88 Å². The minimum atomic E-state index is 0.153. The first-order valence-corrected chi connectivity index (χ1v) is 5.02. The van der Waals surface area contributed by atoms with E-state index in [1.54, 1.807) is 7.11 Å². The van der Waals surface area contributed by atoms with Gasteiger partial charge < -0.3 is 14.8 Å². The number of nitrogens with one attached hydrogen (secondary N) is 1. The van der Waals surface area contributed by atoms with E-state index in [1.807, 2.05) is 0 Å². The molecule has 5 nitrogen and oxygen atoms in total. The van der Waals surface area contributed by atoms with E-state index < -0.39 is 0 Å². The van der Waals surface area contributed by atoms with E-state index in [0.717, 1.165) is 13.0 Å². The van der Waals surface area contributed by atoms with Crippen molar-refractivity contribution in [3.8, 4) is 24.0 Å². The molecule has 0 aliphatic rings. The van der Waals surface area contributed by atoms with E-state index in [4.69, 9.17) is 15.9 Å². The molecule has 0 saturated heterocycles. The zero-order valence-corrected chi connectivity index (χ0v) is 9.49. The first-order chi connectivity index (χ1) is 7.83. The Morgan fingerprint density at radius 3 is 2.94 bits per heavy atom. The number of methoxy groups -OCH3 is 1. The van der Waals surface area contributed by atoms with Crippen LogP contribution in [-0.2, 0) is 0 Å². The predicted octanol–water partition coefficient (Wildman–Crippen LogP) is 1.32. The van der Waals surface area contributed by atoms with Gasteiger partial charge in [-0.2, -0.15) is 4.98 Å². The first-order valence-electron chi connectivity index (χ1n) is 5.02. The number of aromatic nitrogens is 2. The highest BCUT2D eigenvalue weighted by Crippen LogP contribution is 2.30. The lowest BCUT2D eigenvalue weighted by atomic mass is 10.4. The minimum absolute atomic E-state index is 0.153. The van der Waals surface area contributed by atoms with Crippen LogP contribution in [0.4, 0.5) is 5.82 Å². The van der Waals surface area contributed by atoms with E-state index in [2.05, 4.69) is 28.1 Å². The quantitative estimate of drug-likeness (QED) is 0.734. The summed E-state index contributed by atoms with van der Waals surface area (Å²) in [6.07, 6.45) is 7.51. The summed E-state index contributed by atoms with van der Waals surface area (Å²) >= 11 is 0. The summed E-state index contributed by atoms with van der Waals surface area (Å²) in [6.45, 7) is 3.03. The Balaban J connectivity index is 2.87. The van der Waals surface area contributed by atoms with Crippen LogP contribution in [0.3, 0.4) is 0 Å². The first kappa shape index (κ1) is 12.1. The summed E-state index contributed by atoms with van der Waals surface area (Å²) in [7, 11) is 1.54. The van der Waals surface area contributed by atoms with Crippen LogP contribution < -0.4 is 14.8 Å². The number of hydrogen-bond acceptors (Lipinski definition) is 5. The molecule has 0 radical (unpaired) electrons. The Kier molecular flexibility index (Phi) is 4.93. The molecule has 0 fully saturated rings. The van der Waals surface area contributed by atoms with Gasteiger partial charge >= 0.3 is 0 Å². The topological polar surface area (TPSA) is 56.3 Å². The summed E-state index contributed by atoms with van der Waals surface area (Å²) < 4.78 is 10.4. The SMILES string of the molecule is C#CCOc1ncnc(NCCC)c1OC. The van der Waals surface area contributed by atoms with Gasteiger partial charge in [0.15, 0.2) is 12.4 Å². The molecule has 16 heavy (non-hydrogen) atoms. The van der Waals surface area contributed by atoms with Gasteiger partial charge in [0.1, 0.15) is 6.33 Å². The van der Waals surface area contributed by atoms with Crippen molar-refractivity contribution in [2.75, 3.05) is 25.6 Å². The summed E-state index contributed by atoms with van der Waals surface area (Å²) in [5, 5.41) is 3.12.